The Bertz CT molecular complexity index is 693. The van der Waals surface area contributed by atoms with Gasteiger partial charge in [-0.1, -0.05) is 0 Å². The summed E-state index contributed by atoms with van der Waals surface area (Å²) in [6, 6.07) is 3.41. The second kappa shape index (κ2) is 5.73. The Labute approximate surface area is 130 Å². The highest BCUT2D eigenvalue weighted by Crippen LogP contribution is 2.29. The molecule has 1 aliphatic heterocycles. The number of nitrogens with one attached hydrogen (secondary N) is 1. The standard InChI is InChI=1S/C15H14F2N2O2S/c1-15(7-21-8-15)13(20)19-14-18-6-12(22-14)4-9-2-10(16)5-11(17)3-9/h2-3,5-6H,4,7-8H2,1H3,(H,18,19,20). The number of amides is 1. The average molecular weight is 324 g/mol. The van der Waals surface area contributed by atoms with Crippen LogP contribution in [0, 0.1) is 17.0 Å². The Balaban J connectivity index is 1.67. The van der Waals surface area contributed by atoms with Crippen molar-refractivity contribution in [2.24, 2.45) is 5.41 Å². The zero-order valence-electron chi connectivity index (χ0n) is 11.9. The van der Waals surface area contributed by atoms with E-state index in [0.717, 1.165) is 10.9 Å². The summed E-state index contributed by atoms with van der Waals surface area (Å²) in [6.45, 7) is 2.63. The van der Waals surface area contributed by atoms with Crippen LogP contribution < -0.4 is 5.32 Å². The van der Waals surface area contributed by atoms with Gasteiger partial charge in [-0.05, 0) is 24.6 Å². The van der Waals surface area contributed by atoms with Crippen LogP contribution in [0.3, 0.4) is 0 Å². The van der Waals surface area contributed by atoms with Gasteiger partial charge in [-0.3, -0.25) is 4.79 Å². The van der Waals surface area contributed by atoms with Gasteiger partial charge in [0.25, 0.3) is 0 Å². The molecule has 1 saturated heterocycles. The Morgan fingerprint density at radius 2 is 2.05 bits per heavy atom. The molecule has 0 saturated carbocycles. The van der Waals surface area contributed by atoms with Crippen molar-refractivity contribution in [2.75, 3.05) is 18.5 Å². The van der Waals surface area contributed by atoms with Crippen molar-refractivity contribution in [3.63, 3.8) is 0 Å². The molecule has 1 N–H and O–H groups in total. The third kappa shape index (κ3) is 3.15. The average Bonchev–Trinajstić information content (AvgIpc) is 2.81. The predicted octanol–water partition coefficient (Wildman–Crippen LogP) is 2.99. The highest BCUT2D eigenvalue weighted by atomic mass is 32.1. The lowest BCUT2D eigenvalue weighted by atomic mass is 9.88. The van der Waals surface area contributed by atoms with Crippen molar-refractivity contribution in [1.82, 2.24) is 4.98 Å². The van der Waals surface area contributed by atoms with Crippen LogP contribution in [0.1, 0.15) is 17.4 Å². The fourth-order valence-electron chi connectivity index (χ4n) is 2.15. The second-order valence-electron chi connectivity index (χ2n) is 5.59. The first-order valence-electron chi connectivity index (χ1n) is 6.73. The molecule has 1 aliphatic rings. The maximum atomic E-state index is 13.2. The molecule has 2 aromatic rings. The normalized spacial score (nSPS) is 16.1. The van der Waals surface area contributed by atoms with Gasteiger partial charge in [-0.15, -0.1) is 11.3 Å². The molecule has 22 heavy (non-hydrogen) atoms. The minimum atomic E-state index is -0.606. The Kier molecular flexibility index (Phi) is 3.92. The maximum Gasteiger partial charge on any atom is 0.236 e. The molecule has 1 aromatic heterocycles. The lowest BCUT2D eigenvalue weighted by Gasteiger charge is -2.35. The fraction of sp³-hybridized carbons (Fsp3) is 0.333. The molecule has 0 bridgehead atoms. The van der Waals surface area contributed by atoms with Crippen molar-refractivity contribution in [3.8, 4) is 0 Å². The molecule has 0 spiro atoms. The number of hydrogen-bond acceptors (Lipinski definition) is 4. The van der Waals surface area contributed by atoms with Crippen molar-refractivity contribution in [1.29, 1.82) is 0 Å². The third-order valence-corrected chi connectivity index (χ3v) is 4.38. The molecular weight excluding hydrogens is 310 g/mol. The number of rotatable bonds is 4. The van der Waals surface area contributed by atoms with Gasteiger partial charge in [0.05, 0.1) is 18.6 Å². The summed E-state index contributed by atoms with van der Waals surface area (Å²) in [5, 5.41) is 3.23. The number of benzene rings is 1. The van der Waals surface area contributed by atoms with E-state index in [1.54, 1.807) is 6.20 Å². The Morgan fingerprint density at radius 1 is 1.36 bits per heavy atom. The van der Waals surface area contributed by atoms with Gasteiger partial charge < -0.3 is 10.1 Å². The summed E-state index contributed by atoms with van der Waals surface area (Å²) in [6.07, 6.45) is 1.96. The summed E-state index contributed by atoms with van der Waals surface area (Å²) in [4.78, 5) is 17.0. The number of carbonyl (C=O) groups is 1. The Morgan fingerprint density at radius 3 is 2.64 bits per heavy atom. The molecule has 0 aliphatic carbocycles. The monoisotopic (exact) mass is 324 g/mol. The van der Waals surface area contributed by atoms with Crippen molar-refractivity contribution >= 4 is 22.4 Å². The zero-order valence-corrected chi connectivity index (χ0v) is 12.7. The van der Waals surface area contributed by atoms with E-state index in [1.165, 1.54) is 23.5 Å². The van der Waals surface area contributed by atoms with Crippen LogP contribution in [0.25, 0.3) is 0 Å². The number of halogens is 2. The van der Waals surface area contributed by atoms with Crippen LogP contribution >= 0.6 is 11.3 Å². The van der Waals surface area contributed by atoms with E-state index in [9.17, 15) is 13.6 Å². The summed E-state index contributed by atoms with van der Waals surface area (Å²) >= 11 is 1.29. The fourth-order valence-corrected chi connectivity index (χ4v) is 2.99. The van der Waals surface area contributed by atoms with E-state index < -0.39 is 17.0 Å². The minimum absolute atomic E-state index is 0.128. The third-order valence-electron chi connectivity index (χ3n) is 3.46. The smallest absolute Gasteiger partial charge is 0.236 e. The van der Waals surface area contributed by atoms with Gasteiger partial charge in [-0.25, -0.2) is 13.8 Å². The second-order valence-corrected chi connectivity index (χ2v) is 6.71. The molecule has 3 rings (SSSR count). The van der Waals surface area contributed by atoms with Crippen molar-refractivity contribution in [3.05, 3.63) is 46.5 Å². The van der Waals surface area contributed by atoms with Crippen LogP contribution in [0.2, 0.25) is 0 Å². The molecule has 0 unspecified atom stereocenters. The highest BCUT2D eigenvalue weighted by Gasteiger charge is 2.41. The maximum absolute atomic E-state index is 13.2. The van der Waals surface area contributed by atoms with E-state index in [0.29, 0.717) is 30.3 Å². The largest absolute Gasteiger partial charge is 0.379 e. The van der Waals surface area contributed by atoms with E-state index in [1.807, 2.05) is 6.92 Å². The lowest BCUT2D eigenvalue weighted by molar-refractivity contribution is -0.151. The number of hydrogen-bond donors (Lipinski definition) is 1. The van der Waals surface area contributed by atoms with Gasteiger partial charge in [0.1, 0.15) is 11.6 Å². The first-order chi connectivity index (χ1) is 10.4. The van der Waals surface area contributed by atoms with Gasteiger partial charge in [-0.2, -0.15) is 0 Å². The first kappa shape index (κ1) is 15.1. The molecule has 4 nitrogen and oxygen atoms in total. The summed E-state index contributed by atoms with van der Waals surface area (Å²) in [7, 11) is 0. The van der Waals surface area contributed by atoms with E-state index in [2.05, 4.69) is 10.3 Å². The van der Waals surface area contributed by atoms with Crippen molar-refractivity contribution in [2.45, 2.75) is 13.3 Å². The molecule has 116 valence electrons. The van der Waals surface area contributed by atoms with Crippen LogP contribution in [0.5, 0.6) is 0 Å². The lowest BCUT2D eigenvalue weighted by Crippen LogP contribution is -2.49. The number of carbonyl (C=O) groups excluding carboxylic acids is 1. The molecule has 1 fully saturated rings. The summed E-state index contributed by atoms with van der Waals surface area (Å²) < 4.78 is 31.4. The molecular formula is C15H14F2N2O2S. The molecule has 0 radical (unpaired) electrons. The van der Waals surface area contributed by atoms with Crippen LogP contribution in [0.15, 0.2) is 24.4 Å². The topological polar surface area (TPSA) is 51.2 Å². The van der Waals surface area contributed by atoms with E-state index in [4.69, 9.17) is 4.74 Å². The molecule has 0 atom stereocenters. The number of anilines is 1. The van der Waals surface area contributed by atoms with Crippen LogP contribution in [-0.2, 0) is 16.0 Å². The Hall–Kier alpha value is -1.86. The van der Waals surface area contributed by atoms with Crippen molar-refractivity contribution < 1.29 is 18.3 Å². The van der Waals surface area contributed by atoms with Crippen LogP contribution in [-0.4, -0.2) is 24.1 Å². The molecule has 1 amide bonds. The van der Waals surface area contributed by atoms with Gasteiger partial charge in [0.15, 0.2) is 5.13 Å². The van der Waals surface area contributed by atoms with Crippen LogP contribution in [0.4, 0.5) is 13.9 Å². The molecule has 7 heteroatoms. The minimum Gasteiger partial charge on any atom is -0.379 e. The summed E-state index contributed by atoms with van der Waals surface area (Å²) in [5.74, 6) is -1.34. The number of ether oxygens (including phenoxy) is 1. The quantitative estimate of drug-likeness (QED) is 0.941. The van der Waals surface area contributed by atoms with E-state index >= 15 is 0 Å². The highest BCUT2D eigenvalue weighted by molar-refractivity contribution is 7.15. The zero-order chi connectivity index (χ0) is 15.7. The van der Waals surface area contributed by atoms with E-state index in [-0.39, 0.29) is 5.91 Å². The SMILES string of the molecule is CC1(C(=O)Nc2ncc(Cc3cc(F)cc(F)c3)s2)COC1. The molecule has 1 aromatic carbocycles. The summed E-state index contributed by atoms with van der Waals surface area (Å²) in [5.41, 5.74) is 0.0238. The van der Waals surface area contributed by atoms with Gasteiger partial charge in [0, 0.05) is 23.6 Å². The number of nitrogens with zero attached hydrogens (tertiary/aromatic N) is 1. The number of aromatic nitrogens is 1. The van der Waals surface area contributed by atoms with Gasteiger partial charge >= 0.3 is 0 Å². The first-order valence-corrected chi connectivity index (χ1v) is 7.55. The molecule has 2 heterocycles. The van der Waals surface area contributed by atoms with Gasteiger partial charge in [0.2, 0.25) is 5.91 Å². The number of thiazole rings is 1. The predicted molar refractivity (Wildman–Crippen MR) is 78.8 cm³/mol.